The van der Waals surface area contributed by atoms with Gasteiger partial charge in [-0.25, -0.2) is 0 Å². The minimum absolute atomic E-state index is 0.0661. The van der Waals surface area contributed by atoms with E-state index in [2.05, 4.69) is 137 Å². The van der Waals surface area contributed by atoms with Crippen molar-refractivity contribution >= 4 is 29.2 Å². The van der Waals surface area contributed by atoms with Crippen molar-refractivity contribution in [1.82, 2.24) is 0 Å². The molecular weight excluding hydrogens is 739 g/mol. The Morgan fingerprint density at radius 2 is 0.863 bits per heavy atom. The number of unbranched alkanes of at least 4 members (excludes halogenated alkanes) is 2. The molecule has 2 unspecified atom stereocenters. The Hall–Kier alpha value is -2.18. The van der Waals surface area contributed by atoms with Gasteiger partial charge in [0.2, 0.25) is 0 Å². The van der Waals surface area contributed by atoms with Gasteiger partial charge in [0.05, 0.1) is 0 Å². The second-order valence-corrected chi connectivity index (χ2v) is 39.3. The molecule has 51 heavy (non-hydrogen) atoms. The van der Waals surface area contributed by atoms with Crippen LogP contribution in [0.2, 0.25) is 4.13 Å². The number of fused-ring (bicyclic) bond motifs is 2. The summed E-state index contributed by atoms with van der Waals surface area (Å²) in [6.45, 7) is 25.1. The van der Waals surface area contributed by atoms with E-state index in [9.17, 15) is 0 Å². The molecule has 0 N–H and O–H groups in total. The molecule has 0 heterocycles. The number of hydrogen-bond acceptors (Lipinski definition) is 0. The first-order valence-electron chi connectivity index (χ1n) is 19.6. The van der Waals surface area contributed by atoms with Gasteiger partial charge in [0.15, 0.2) is 0 Å². The van der Waals surface area contributed by atoms with Crippen molar-refractivity contribution in [3.63, 3.8) is 0 Å². The van der Waals surface area contributed by atoms with Crippen molar-refractivity contribution in [2.75, 3.05) is 0 Å². The molecule has 2 aliphatic carbocycles. The van der Waals surface area contributed by atoms with Gasteiger partial charge in [-0.15, -0.1) is 0 Å². The van der Waals surface area contributed by atoms with Crippen LogP contribution in [-0.4, -0.2) is 0 Å². The molecule has 4 aromatic rings. The van der Waals surface area contributed by atoms with Crippen LogP contribution in [0.3, 0.4) is 0 Å². The second-order valence-electron chi connectivity index (χ2n) is 16.4. The van der Waals surface area contributed by atoms with E-state index >= 15 is 0 Å². The van der Waals surface area contributed by atoms with Crippen LogP contribution in [-0.2, 0) is 16.4 Å². The first-order valence-corrected chi connectivity index (χ1v) is 30.5. The molecular formula is C48H59Cl2Zr. The van der Waals surface area contributed by atoms with Crippen molar-refractivity contribution < 1.29 is 16.4 Å². The molecule has 3 heteroatoms. The van der Waals surface area contributed by atoms with Gasteiger partial charge < -0.3 is 0 Å². The van der Waals surface area contributed by atoms with Gasteiger partial charge in [0.1, 0.15) is 0 Å². The molecule has 0 saturated heterocycles. The van der Waals surface area contributed by atoms with Gasteiger partial charge in [-0.1, -0.05) is 0 Å². The van der Waals surface area contributed by atoms with E-state index in [1.807, 2.05) is 0 Å². The van der Waals surface area contributed by atoms with Crippen LogP contribution in [0.4, 0.5) is 0 Å². The average Bonchev–Trinajstić information content (AvgIpc) is 3.66. The molecule has 0 saturated carbocycles. The predicted molar refractivity (Wildman–Crippen MR) is 224 cm³/mol. The van der Waals surface area contributed by atoms with E-state index in [1.54, 1.807) is 0 Å². The van der Waals surface area contributed by atoms with Gasteiger partial charge >= 0.3 is 320 Å². The fraction of sp³-hybridized carbons (Fsp3) is 0.417. The van der Waals surface area contributed by atoms with Gasteiger partial charge in [0.25, 0.3) is 0 Å². The van der Waals surface area contributed by atoms with Crippen molar-refractivity contribution in [1.29, 1.82) is 0 Å². The molecule has 0 aromatic heterocycles. The zero-order chi connectivity index (χ0) is 37.0. The van der Waals surface area contributed by atoms with Gasteiger partial charge in [-0.05, 0) is 0 Å². The summed E-state index contributed by atoms with van der Waals surface area (Å²) in [5, 5.41) is 0. The quantitative estimate of drug-likeness (QED) is 0.142. The normalized spacial score (nSPS) is 17.5. The third kappa shape index (κ3) is 6.77. The Kier molecular flexibility index (Phi) is 11.0. The van der Waals surface area contributed by atoms with Crippen molar-refractivity contribution in [2.45, 2.75) is 126 Å². The summed E-state index contributed by atoms with van der Waals surface area (Å²) in [5.74, 6) is 0. The van der Waals surface area contributed by atoms with Gasteiger partial charge in [0, 0.05) is 0 Å². The van der Waals surface area contributed by atoms with Crippen LogP contribution in [0.15, 0.2) is 59.7 Å². The average molecular weight is 798 g/mol. The summed E-state index contributed by atoms with van der Waals surface area (Å²) in [5.41, 5.74) is 24.4. The molecule has 0 nitrogen and oxygen atoms in total. The van der Waals surface area contributed by atoms with Gasteiger partial charge in [-0.3, -0.25) is 0 Å². The summed E-state index contributed by atoms with van der Waals surface area (Å²) in [4.78, 5) is 0. The summed E-state index contributed by atoms with van der Waals surface area (Å²) in [6.07, 6.45) is 11.8. The molecule has 0 fully saturated rings. The van der Waals surface area contributed by atoms with Crippen molar-refractivity contribution in [2.24, 2.45) is 0 Å². The third-order valence-electron chi connectivity index (χ3n) is 12.4. The standard InChI is InChI=1S/2C23H27.C2H5.2ClH.Zr/c2*1-6-7-8-19-13-21-18(5)17(4)12-22(23(21)14-19)20-10-15(2)9-16(3)11-20;1-2;;;/h2*9-14H,6-8H2,1-5H3;1H2,2H3;2*1H;/q;;;;;+2/p-2. The molecule has 0 spiro atoms. The minimum atomic E-state index is -5.01. The van der Waals surface area contributed by atoms with E-state index in [0.29, 0.717) is 0 Å². The summed E-state index contributed by atoms with van der Waals surface area (Å²) < 4.78 is 0.970. The second kappa shape index (κ2) is 14.6. The van der Waals surface area contributed by atoms with Crippen LogP contribution in [0.5, 0.6) is 0 Å². The number of benzene rings is 4. The molecule has 6 rings (SSSR count). The number of hydrogen-bond donors (Lipinski definition) is 0. The van der Waals surface area contributed by atoms with Crippen LogP contribution >= 0.6 is 17.0 Å². The van der Waals surface area contributed by atoms with Gasteiger partial charge in [-0.2, -0.15) is 0 Å². The zero-order valence-corrected chi connectivity index (χ0v) is 37.1. The zero-order valence-electron chi connectivity index (χ0n) is 33.1. The van der Waals surface area contributed by atoms with E-state index in [4.69, 9.17) is 17.0 Å². The molecule has 4 aromatic carbocycles. The van der Waals surface area contributed by atoms with Crippen LogP contribution in [0.25, 0.3) is 34.4 Å². The molecule has 2 aliphatic rings. The maximum absolute atomic E-state index is 8.83. The molecule has 0 amide bonds. The molecule has 0 aliphatic heterocycles. The molecule has 0 bridgehead atoms. The first-order chi connectivity index (χ1) is 24.1. The predicted octanol–water partition coefficient (Wildman–Crippen LogP) is 15.9. The Labute approximate surface area is 318 Å². The maximum atomic E-state index is 8.83. The van der Waals surface area contributed by atoms with E-state index in [1.165, 1.54) is 100 Å². The Bertz CT molecular complexity index is 1910. The van der Waals surface area contributed by atoms with Crippen molar-refractivity contribution in [3.8, 4) is 22.3 Å². The summed E-state index contributed by atoms with van der Waals surface area (Å²) in [6, 6.07) is 18.8. The topological polar surface area (TPSA) is 0 Å². The number of rotatable bonds is 11. The van der Waals surface area contributed by atoms with E-state index in [-0.39, 0.29) is 7.25 Å². The summed E-state index contributed by atoms with van der Waals surface area (Å²) >= 11 is -5.01. The summed E-state index contributed by atoms with van der Waals surface area (Å²) in [7, 11) is 17.7. The molecule has 0 radical (unpaired) electrons. The third-order valence-corrected chi connectivity index (χ3v) is 33.1. The first kappa shape index (κ1) is 38.5. The Morgan fingerprint density at radius 3 is 1.18 bits per heavy atom. The van der Waals surface area contributed by atoms with Crippen LogP contribution in [0, 0.1) is 55.4 Å². The number of aryl methyl sites for hydroxylation is 6. The van der Waals surface area contributed by atoms with E-state index in [0.717, 1.165) is 42.7 Å². The monoisotopic (exact) mass is 795 g/mol. The fourth-order valence-corrected chi connectivity index (χ4v) is 28.0. The molecule has 269 valence electrons. The van der Waals surface area contributed by atoms with Crippen molar-refractivity contribution in [3.05, 3.63) is 126 Å². The van der Waals surface area contributed by atoms with Crippen LogP contribution in [0.1, 0.15) is 133 Å². The number of halogens is 2. The Balaban J connectivity index is 1.67. The van der Waals surface area contributed by atoms with Crippen LogP contribution < -0.4 is 0 Å². The Morgan fingerprint density at radius 1 is 0.510 bits per heavy atom. The number of allylic oxidation sites excluding steroid dienone is 2. The molecule has 2 atom stereocenters. The van der Waals surface area contributed by atoms with E-state index < -0.39 is 16.4 Å². The SMILES string of the molecule is CCCCC1=Cc2c(-c3cc(C)cc(C)c3)cc(C)c(C)c2[CH]1[Zr]([Cl])([Cl])([CH2]C)[CH]1C(CCCC)=Cc2c(-c3cc(C)cc(C)c3)cc(C)c(C)c21. The fourth-order valence-electron chi connectivity index (χ4n) is 9.74.